The van der Waals surface area contributed by atoms with E-state index in [-0.39, 0.29) is 42.3 Å². The van der Waals surface area contributed by atoms with E-state index in [1.54, 1.807) is 40.9 Å². The number of hydrogen-bond donors (Lipinski definition) is 4. The highest BCUT2D eigenvalue weighted by atomic mass is 16.6. The number of carboxylic acid groups (broad SMARTS) is 1. The van der Waals surface area contributed by atoms with Crippen molar-refractivity contribution in [2.24, 2.45) is 35.5 Å². The number of ether oxygens (including phenoxy) is 5. The van der Waals surface area contributed by atoms with Gasteiger partial charge in [0.15, 0.2) is 11.6 Å². The van der Waals surface area contributed by atoms with Gasteiger partial charge in [-0.1, -0.05) is 77.2 Å². The van der Waals surface area contributed by atoms with Crippen molar-refractivity contribution in [1.29, 1.82) is 0 Å². The summed E-state index contributed by atoms with van der Waals surface area (Å²) in [6.45, 7) is 6.69. The molecule has 0 aromatic heterocycles. The highest BCUT2D eigenvalue weighted by Crippen LogP contribution is 2.37. The molecule has 15 nitrogen and oxygen atoms in total. The van der Waals surface area contributed by atoms with E-state index in [0.29, 0.717) is 63.4 Å². The first-order valence-corrected chi connectivity index (χ1v) is 24.2. The van der Waals surface area contributed by atoms with Crippen molar-refractivity contribution in [3.05, 3.63) is 59.8 Å². The van der Waals surface area contributed by atoms with E-state index < -0.39 is 97.0 Å². The number of likely N-dealkylation sites (tertiary alicyclic amines) is 1. The number of carboxylic acids is 1. The summed E-state index contributed by atoms with van der Waals surface area (Å²) in [5.41, 5.74) is 1.28. The van der Waals surface area contributed by atoms with Crippen LogP contribution in [0.15, 0.2) is 59.8 Å². The van der Waals surface area contributed by atoms with Crippen molar-refractivity contribution in [2.75, 3.05) is 41.0 Å². The zero-order valence-corrected chi connectivity index (χ0v) is 41.9. The van der Waals surface area contributed by atoms with Gasteiger partial charge in [-0.05, 0) is 113 Å². The number of rotatable bonds is 27. The Kier molecular flexibility index (Phi) is 22.1. The fourth-order valence-electron chi connectivity index (χ4n) is 9.70. The Balaban J connectivity index is 1.50. The summed E-state index contributed by atoms with van der Waals surface area (Å²) in [7, 11) is 4.40. The van der Waals surface area contributed by atoms with Gasteiger partial charge in [0.25, 0.3) is 11.7 Å². The van der Waals surface area contributed by atoms with Crippen LogP contribution in [0.1, 0.15) is 125 Å². The molecule has 0 bridgehead atoms. The fraction of sp³-hybridized carbons (Fsp3) is 0.717. The normalized spacial score (nSPS) is 29.9. The van der Waals surface area contributed by atoms with Crippen LogP contribution in [-0.4, -0.2) is 144 Å². The number of aliphatic carboxylic acids is 1. The highest BCUT2D eigenvalue weighted by Gasteiger charge is 2.52. The number of aliphatic hydroxyl groups excluding tert-OH is 1. The third-order valence-electron chi connectivity index (χ3n) is 13.9. The summed E-state index contributed by atoms with van der Waals surface area (Å²) in [4.78, 5) is 66.3. The van der Waals surface area contributed by atoms with E-state index >= 15 is 0 Å². The van der Waals surface area contributed by atoms with E-state index in [1.807, 2.05) is 57.2 Å². The molecule has 0 spiro atoms. The van der Waals surface area contributed by atoms with Crippen molar-refractivity contribution < 1.29 is 73.6 Å². The maximum Gasteiger partial charge on any atom is 0.326 e. The number of allylic oxidation sites excluding steroid dienone is 8. The van der Waals surface area contributed by atoms with Crippen LogP contribution in [0, 0.1) is 35.5 Å². The molecule has 0 aromatic carbocycles. The van der Waals surface area contributed by atoms with Crippen LogP contribution in [0.3, 0.4) is 0 Å². The summed E-state index contributed by atoms with van der Waals surface area (Å²) in [5.74, 6) is -7.79. The van der Waals surface area contributed by atoms with Crippen LogP contribution in [0.2, 0.25) is 0 Å². The third kappa shape index (κ3) is 17.0. The summed E-state index contributed by atoms with van der Waals surface area (Å²) >= 11 is 0. The zero-order chi connectivity index (χ0) is 54.3. The van der Waals surface area contributed by atoms with E-state index in [0.717, 1.165) is 16.9 Å². The molecule has 3 aliphatic rings. The van der Waals surface area contributed by atoms with Gasteiger partial charge < -0.3 is 49.0 Å². The van der Waals surface area contributed by atoms with Gasteiger partial charge in [0.2, 0.25) is 5.79 Å². The highest BCUT2D eigenvalue weighted by molar-refractivity contribution is 6.39. The molecule has 1 saturated carbocycles. The van der Waals surface area contributed by atoms with Crippen molar-refractivity contribution in [3.8, 4) is 0 Å². The molecule has 384 valence electrons. The van der Waals surface area contributed by atoms with Crippen molar-refractivity contribution >= 4 is 29.2 Å². The van der Waals surface area contributed by atoms with E-state index in [1.165, 1.54) is 20.3 Å². The largest absolute Gasteiger partial charge is 0.480 e. The van der Waals surface area contributed by atoms with Gasteiger partial charge in [0, 0.05) is 52.0 Å². The molecular formula is C53H83NO14. The van der Waals surface area contributed by atoms with Gasteiger partial charge in [0.1, 0.15) is 18.2 Å². The molecule has 2 heterocycles. The van der Waals surface area contributed by atoms with Crippen LogP contribution < -0.4 is 0 Å². The van der Waals surface area contributed by atoms with E-state index in [2.05, 4.69) is 0 Å². The average molecular weight is 962 g/mol. The van der Waals surface area contributed by atoms with Gasteiger partial charge in [-0.15, -0.1) is 0 Å². The molecule has 2 saturated heterocycles. The number of carbonyl (C=O) groups excluding carboxylic acids is 4. The average Bonchev–Trinajstić information content (AvgIpc) is 3.32. The predicted molar refractivity (Wildman–Crippen MR) is 258 cm³/mol. The Morgan fingerprint density at radius 2 is 1.60 bits per heavy atom. The van der Waals surface area contributed by atoms with Crippen molar-refractivity contribution in [1.82, 2.24) is 4.90 Å². The summed E-state index contributed by atoms with van der Waals surface area (Å²) in [5, 5.41) is 41.9. The van der Waals surface area contributed by atoms with Crippen molar-refractivity contribution in [3.63, 3.8) is 0 Å². The minimum Gasteiger partial charge on any atom is -0.480 e. The smallest absolute Gasteiger partial charge is 0.326 e. The van der Waals surface area contributed by atoms with Crippen LogP contribution in [-0.2, 0) is 47.7 Å². The second kappa shape index (κ2) is 28.9. The molecule has 15 heteroatoms. The minimum absolute atomic E-state index is 0.0168. The summed E-state index contributed by atoms with van der Waals surface area (Å²) in [6, 6.07) is -1.13. The van der Waals surface area contributed by atoms with Gasteiger partial charge in [-0.25, -0.2) is 4.79 Å². The third-order valence-corrected chi connectivity index (χ3v) is 13.9. The molecule has 1 amide bonds. The molecule has 1 aliphatic carbocycles. The molecule has 3 rings (SSSR count). The first-order chi connectivity index (χ1) is 33.6. The van der Waals surface area contributed by atoms with E-state index in [9.17, 15) is 44.4 Å². The van der Waals surface area contributed by atoms with Gasteiger partial charge >= 0.3 is 5.97 Å². The number of methoxy groups -OCH3 is 3. The van der Waals surface area contributed by atoms with Crippen LogP contribution in [0.5, 0.6) is 0 Å². The number of ketones is 3. The lowest BCUT2D eigenvalue weighted by atomic mass is 9.80. The number of Topliss-reactive ketones (excluding diaryl/α,β-unsaturated/α-hetero) is 2. The number of nitrogens with zero attached hydrogens (tertiary/aromatic N) is 1. The van der Waals surface area contributed by atoms with E-state index in [4.69, 9.17) is 29.2 Å². The Morgan fingerprint density at radius 1 is 0.882 bits per heavy atom. The standard InChI is InChI=1S/C53H83NO14/c1-33(16-12-11-13-17-35(3)45(64-8)32-41-22-20-39(7)53(63,68-41)50(59)51(60)54-25-15-14-18-42(54)52(61)62)28-37(5)47(57)49(66-10)48(58)38(6)30-36(4)43(56)23-19-34(2)29-40-21-24-44(67-27-26-55)46(31-40)65-9/h11-13,16-17,19,23,30,33-34,36-37,39-42,44-46,48-49,55,58,63H,14-15,18,20-22,24-29,31-32H2,1-10H3,(H,61,62)/b13-11+,16-12+,23-19+,35-17+,38-30+/t33-,34+,36-,37-,39-,40+,41+,42+,44-,45-,46+,48-,49+,53-/m1/s1/i26D2,27D2. The molecule has 0 aromatic rings. The van der Waals surface area contributed by atoms with Gasteiger partial charge in [-0.3, -0.25) is 19.2 Å². The van der Waals surface area contributed by atoms with Crippen molar-refractivity contribution in [2.45, 2.75) is 168 Å². The topological polar surface area (TPSA) is 216 Å². The molecule has 0 radical (unpaired) electrons. The number of carbonyl (C=O) groups is 5. The maximum absolute atomic E-state index is 13.6. The number of hydrogen-bond acceptors (Lipinski definition) is 13. The quantitative estimate of drug-likeness (QED) is 0.0299. The lowest BCUT2D eigenvalue weighted by molar-refractivity contribution is -0.265. The Labute approximate surface area is 410 Å². The van der Waals surface area contributed by atoms with Crippen LogP contribution in [0.4, 0.5) is 0 Å². The van der Waals surface area contributed by atoms with Gasteiger partial charge in [-0.2, -0.15) is 0 Å². The lowest BCUT2D eigenvalue weighted by Crippen LogP contribution is -2.60. The molecule has 3 fully saturated rings. The zero-order valence-electron chi connectivity index (χ0n) is 45.9. The van der Waals surface area contributed by atoms with Crippen LogP contribution >= 0.6 is 0 Å². The number of aliphatic hydroxyl groups is 3. The summed E-state index contributed by atoms with van der Waals surface area (Å²) in [6.07, 6.45) is 15.2. The minimum atomic E-state index is -3.17. The summed E-state index contributed by atoms with van der Waals surface area (Å²) < 4.78 is 58.4. The molecule has 0 unspecified atom stereocenters. The lowest BCUT2D eigenvalue weighted by Gasteiger charge is -2.42. The molecule has 2 aliphatic heterocycles. The second-order valence-corrected chi connectivity index (χ2v) is 19.3. The molecular weight excluding hydrogens is 875 g/mol. The first-order valence-electron chi connectivity index (χ1n) is 26.2. The maximum atomic E-state index is 13.6. The Morgan fingerprint density at radius 3 is 2.25 bits per heavy atom. The Bertz CT molecular complexity index is 1980. The Hall–Kier alpha value is -3.67. The second-order valence-electron chi connectivity index (χ2n) is 19.3. The van der Waals surface area contributed by atoms with Gasteiger partial charge in [0.05, 0.1) is 43.0 Å². The first kappa shape index (κ1) is 52.2. The number of amides is 1. The molecule has 68 heavy (non-hydrogen) atoms. The fourth-order valence-corrected chi connectivity index (χ4v) is 9.70. The number of piperidine rings is 1. The molecule has 14 atom stereocenters. The van der Waals surface area contributed by atoms with Crippen LogP contribution in [0.25, 0.3) is 0 Å². The predicted octanol–water partition coefficient (Wildman–Crippen LogP) is 6.52. The monoisotopic (exact) mass is 962 g/mol. The molecule has 4 N–H and O–H groups in total. The SMILES string of the molecule is [2H]C([2H])(O)C([2H])([2H])O[C@@H]1CC[C@@H](C[C@@H](C)/C=C/C(=O)[C@H](C)/C=C(\C)[C@@H](O)[C@@H](OC)C(=O)[C@H](C)C[C@H](C)/C=C/C=C/C=C(\C)[C@@H](C[C@@H]2CC[C@@H](C)[C@](O)(C(=O)C(=O)N3CCCC[C@H]3C(=O)O)O2)OC)C[C@@H]1OC.